The number of piperidine rings is 1. The van der Waals surface area contributed by atoms with E-state index in [9.17, 15) is 12.8 Å². The highest BCUT2D eigenvalue weighted by Gasteiger charge is 2.37. The molecule has 1 saturated heterocycles. The van der Waals surface area contributed by atoms with Crippen molar-refractivity contribution in [2.75, 3.05) is 0 Å². The SMILES string of the molecule is C[C@@H]1CCC[C@H](C)N1S(=O)(=O)c1ncccc1F. The van der Waals surface area contributed by atoms with E-state index in [-0.39, 0.29) is 12.1 Å². The van der Waals surface area contributed by atoms with E-state index in [0.717, 1.165) is 25.3 Å². The van der Waals surface area contributed by atoms with Crippen LogP contribution >= 0.6 is 0 Å². The van der Waals surface area contributed by atoms with Crippen LogP contribution in [0.3, 0.4) is 0 Å². The summed E-state index contributed by atoms with van der Waals surface area (Å²) >= 11 is 0. The van der Waals surface area contributed by atoms with Crippen LogP contribution in [0.4, 0.5) is 4.39 Å². The van der Waals surface area contributed by atoms with E-state index < -0.39 is 20.9 Å². The average Bonchev–Trinajstić information content (AvgIpc) is 2.28. The van der Waals surface area contributed by atoms with Crippen molar-refractivity contribution in [3.05, 3.63) is 24.1 Å². The fourth-order valence-electron chi connectivity index (χ4n) is 2.53. The minimum atomic E-state index is -3.84. The summed E-state index contributed by atoms with van der Waals surface area (Å²) < 4.78 is 39.9. The molecular weight excluding hydrogens is 255 g/mol. The van der Waals surface area contributed by atoms with E-state index in [4.69, 9.17) is 0 Å². The number of aromatic nitrogens is 1. The lowest BCUT2D eigenvalue weighted by molar-refractivity contribution is 0.203. The summed E-state index contributed by atoms with van der Waals surface area (Å²) in [5.74, 6) is -0.789. The number of pyridine rings is 1. The first kappa shape index (κ1) is 13.4. The largest absolute Gasteiger partial charge is 0.264 e. The Morgan fingerprint density at radius 3 is 2.50 bits per heavy atom. The fraction of sp³-hybridized carbons (Fsp3) is 0.583. The van der Waals surface area contributed by atoms with E-state index in [1.54, 1.807) is 0 Å². The summed E-state index contributed by atoms with van der Waals surface area (Å²) in [4.78, 5) is 3.69. The summed E-state index contributed by atoms with van der Waals surface area (Å²) in [6.45, 7) is 3.71. The Labute approximate surface area is 107 Å². The molecule has 18 heavy (non-hydrogen) atoms. The molecule has 1 aliphatic heterocycles. The monoisotopic (exact) mass is 272 g/mol. The van der Waals surface area contributed by atoms with Crippen LogP contribution in [0.1, 0.15) is 33.1 Å². The van der Waals surface area contributed by atoms with Crippen molar-refractivity contribution in [2.24, 2.45) is 0 Å². The molecule has 0 bridgehead atoms. The van der Waals surface area contributed by atoms with Gasteiger partial charge in [0.15, 0.2) is 5.82 Å². The number of sulfonamides is 1. The second-order valence-electron chi connectivity index (χ2n) is 4.75. The predicted octanol–water partition coefficient (Wildman–Crippen LogP) is 2.17. The summed E-state index contributed by atoms with van der Waals surface area (Å²) in [5, 5.41) is -0.467. The van der Waals surface area contributed by atoms with Gasteiger partial charge in [-0.3, -0.25) is 0 Å². The first-order valence-corrected chi connectivity index (χ1v) is 7.52. The Morgan fingerprint density at radius 1 is 1.33 bits per heavy atom. The molecule has 2 atom stereocenters. The summed E-state index contributed by atoms with van der Waals surface area (Å²) in [6, 6.07) is 2.29. The van der Waals surface area contributed by atoms with E-state index in [1.807, 2.05) is 13.8 Å². The molecule has 1 aromatic heterocycles. The molecule has 0 unspecified atom stereocenters. The Hall–Kier alpha value is -1.01. The zero-order valence-corrected chi connectivity index (χ0v) is 11.3. The molecule has 1 aromatic rings. The van der Waals surface area contributed by atoms with Crippen LogP contribution in [0.25, 0.3) is 0 Å². The van der Waals surface area contributed by atoms with Gasteiger partial charge in [-0.05, 0) is 38.8 Å². The smallest absolute Gasteiger partial charge is 0.241 e. The third-order valence-electron chi connectivity index (χ3n) is 3.36. The second-order valence-corrected chi connectivity index (χ2v) is 6.51. The van der Waals surface area contributed by atoms with Gasteiger partial charge in [0.1, 0.15) is 0 Å². The first-order valence-electron chi connectivity index (χ1n) is 6.08. The number of hydrogen-bond acceptors (Lipinski definition) is 3. The van der Waals surface area contributed by atoms with Crippen molar-refractivity contribution in [1.29, 1.82) is 0 Å². The Morgan fingerprint density at radius 2 is 1.94 bits per heavy atom. The number of rotatable bonds is 2. The summed E-state index contributed by atoms with van der Waals surface area (Å²) in [7, 11) is -3.84. The first-order chi connectivity index (χ1) is 8.44. The fourth-order valence-corrected chi connectivity index (χ4v) is 4.40. The lowest BCUT2D eigenvalue weighted by Crippen LogP contribution is -2.47. The number of hydrogen-bond donors (Lipinski definition) is 0. The lowest BCUT2D eigenvalue weighted by Gasteiger charge is -2.37. The van der Waals surface area contributed by atoms with E-state index in [2.05, 4.69) is 4.98 Å². The van der Waals surface area contributed by atoms with Gasteiger partial charge in [0.25, 0.3) is 10.0 Å². The average molecular weight is 272 g/mol. The third kappa shape index (κ3) is 2.27. The van der Waals surface area contributed by atoms with Crippen LogP contribution in [0.2, 0.25) is 0 Å². The van der Waals surface area contributed by atoms with Gasteiger partial charge in [-0.25, -0.2) is 17.8 Å². The highest BCUT2D eigenvalue weighted by molar-refractivity contribution is 7.89. The molecule has 1 fully saturated rings. The van der Waals surface area contributed by atoms with Crippen LogP contribution in [0.5, 0.6) is 0 Å². The van der Waals surface area contributed by atoms with E-state index in [0.29, 0.717) is 0 Å². The van der Waals surface area contributed by atoms with Crippen LogP contribution < -0.4 is 0 Å². The van der Waals surface area contributed by atoms with E-state index >= 15 is 0 Å². The van der Waals surface area contributed by atoms with Gasteiger partial charge in [0, 0.05) is 18.3 Å². The van der Waals surface area contributed by atoms with Gasteiger partial charge in [-0.15, -0.1) is 0 Å². The maximum atomic E-state index is 13.6. The highest BCUT2D eigenvalue weighted by atomic mass is 32.2. The molecule has 6 heteroatoms. The van der Waals surface area contributed by atoms with Crippen molar-refractivity contribution < 1.29 is 12.8 Å². The van der Waals surface area contributed by atoms with Gasteiger partial charge in [0.2, 0.25) is 5.03 Å². The summed E-state index contributed by atoms with van der Waals surface area (Å²) in [6.07, 6.45) is 3.91. The van der Waals surface area contributed by atoms with Crippen LogP contribution in [0, 0.1) is 5.82 Å². The minimum absolute atomic E-state index is 0.111. The zero-order chi connectivity index (χ0) is 13.3. The molecule has 0 N–H and O–H groups in total. The molecule has 2 rings (SSSR count). The summed E-state index contributed by atoms with van der Waals surface area (Å²) in [5.41, 5.74) is 0. The lowest BCUT2D eigenvalue weighted by atomic mass is 10.0. The molecule has 1 aliphatic rings. The molecule has 0 saturated carbocycles. The van der Waals surface area contributed by atoms with Gasteiger partial charge >= 0.3 is 0 Å². The maximum absolute atomic E-state index is 13.6. The topological polar surface area (TPSA) is 50.3 Å². The van der Waals surface area contributed by atoms with Gasteiger partial charge < -0.3 is 0 Å². The maximum Gasteiger partial charge on any atom is 0.264 e. The van der Waals surface area contributed by atoms with Crippen molar-refractivity contribution in [2.45, 2.75) is 50.2 Å². The van der Waals surface area contributed by atoms with Crippen LogP contribution in [-0.4, -0.2) is 29.8 Å². The predicted molar refractivity (Wildman–Crippen MR) is 66.0 cm³/mol. The number of nitrogens with zero attached hydrogens (tertiary/aromatic N) is 2. The number of halogens is 1. The molecule has 2 heterocycles. The molecule has 0 amide bonds. The third-order valence-corrected chi connectivity index (χ3v) is 5.42. The van der Waals surface area contributed by atoms with Gasteiger partial charge in [0.05, 0.1) is 0 Å². The van der Waals surface area contributed by atoms with Crippen molar-refractivity contribution in [3.8, 4) is 0 Å². The van der Waals surface area contributed by atoms with E-state index in [1.165, 1.54) is 16.6 Å². The quantitative estimate of drug-likeness (QED) is 0.829. The molecular formula is C12H17FN2O2S. The molecule has 4 nitrogen and oxygen atoms in total. The van der Waals surface area contributed by atoms with Crippen LogP contribution in [-0.2, 0) is 10.0 Å². The second kappa shape index (κ2) is 4.93. The van der Waals surface area contributed by atoms with Gasteiger partial charge in [-0.1, -0.05) is 6.42 Å². The zero-order valence-electron chi connectivity index (χ0n) is 10.5. The molecule has 0 aromatic carbocycles. The van der Waals surface area contributed by atoms with Crippen molar-refractivity contribution in [3.63, 3.8) is 0 Å². The van der Waals surface area contributed by atoms with Crippen molar-refractivity contribution in [1.82, 2.24) is 9.29 Å². The molecule has 0 radical (unpaired) electrons. The van der Waals surface area contributed by atoms with Crippen molar-refractivity contribution >= 4 is 10.0 Å². The highest BCUT2D eigenvalue weighted by Crippen LogP contribution is 2.29. The standard InChI is InChI=1S/C12H17FN2O2S/c1-9-5-3-6-10(2)15(9)18(16,17)12-11(13)7-4-8-14-12/h4,7-10H,3,5-6H2,1-2H3/t9-,10+. The van der Waals surface area contributed by atoms with Gasteiger partial charge in [-0.2, -0.15) is 4.31 Å². The molecule has 0 spiro atoms. The molecule has 0 aliphatic carbocycles. The normalized spacial score (nSPS) is 26.2. The minimum Gasteiger partial charge on any atom is -0.241 e. The molecule has 100 valence electrons. The Kier molecular flexibility index (Phi) is 3.68. The van der Waals surface area contributed by atoms with Crippen LogP contribution in [0.15, 0.2) is 23.4 Å². The Balaban J connectivity index is 2.45. The Bertz CT molecular complexity index is 523.